The van der Waals surface area contributed by atoms with E-state index in [4.69, 9.17) is 15.7 Å². The maximum Gasteiger partial charge on any atom is 0.0992 e. The van der Waals surface area contributed by atoms with E-state index in [1.165, 1.54) is 0 Å². The predicted molar refractivity (Wildman–Crippen MR) is 63.0 cm³/mol. The highest BCUT2D eigenvalue weighted by atomic mass is 16.5. The quantitative estimate of drug-likeness (QED) is 0.756. The first kappa shape index (κ1) is 10.8. The summed E-state index contributed by atoms with van der Waals surface area (Å²) in [5, 5.41) is 12.0. The average Bonchev–Trinajstić information content (AvgIpc) is 2.80. The summed E-state index contributed by atoms with van der Waals surface area (Å²) in [5.74, 6) is 0. The van der Waals surface area contributed by atoms with E-state index >= 15 is 0 Å². The number of nitrogens with two attached hydrogens (primary N) is 1. The van der Waals surface area contributed by atoms with E-state index in [2.05, 4.69) is 11.4 Å². The molecule has 84 valence electrons. The number of hydrogen-bond acceptors (Lipinski definition) is 4. The highest BCUT2D eigenvalue weighted by Gasteiger charge is 2.15. The van der Waals surface area contributed by atoms with E-state index in [0.717, 1.165) is 31.7 Å². The molecule has 1 fully saturated rings. The van der Waals surface area contributed by atoms with E-state index < -0.39 is 0 Å². The first-order chi connectivity index (χ1) is 7.79. The maximum atomic E-state index is 8.71. The molecule has 0 bridgehead atoms. The number of ether oxygens (including phenoxy) is 1. The molecule has 0 radical (unpaired) electrons. The minimum atomic E-state index is 0.287. The molecule has 1 saturated heterocycles. The van der Waals surface area contributed by atoms with Crippen LogP contribution in [0.2, 0.25) is 0 Å². The number of benzene rings is 1. The Labute approximate surface area is 95.0 Å². The van der Waals surface area contributed by atoms with Crippen LogP contribution < -0.4 is 11.1 Å². The first-order valence-corrected chi connectivity index (χ1v) is 5.44. The van der Waals surface area contributed by atoms with Gasteiger partial charge in [-0.25, -0.2) is 0 Å². The summed E-state index contributed by atoms with van der Waals surface area (Å²) in [4.78, 5) is 0. The number of nitrogen functional groups attached to an aromatic ring is 1. The van der Waals surface area contributed by atoms with Gasteiger partial charge in [0.25, 0.3) is 0 Å². The molecule has 0 aromatic heterocycles. The Bertz CT molecular complexity index is 405. The van der Waals surface area contributed by atoms with Gasteiger partial charge in [-0.05, 0) is 31.0 Å². The van der Waals surface area contributed by atoms with Crippen LogP contribution in [0.15, 0.2) is 18.2 Å². The predicted octanol–water partition coefficient (Wildman–Crippen LogP) is 1.73. The smallest absolute Gasteiger partial charge is 0.0992 e. The molecule has 0 unspecified atom stereocenters. The third-order valence-corrected chi connectivity index (χ3v) is 2.72. The number of anilines is 2. The second-order valence-corrected chi connectivity index (χ2v) is 3.93. The number of nitriles is 1. The average molecular weight is 217 g/mol. The van der Waals surface area contributed by atoms with E-state index in [-0.39, 0.29) is 6.10 Å². The molecule has 1 aliphatic heterocycles. The molecule has 1 aromatic carbocycles. The second-order valence-electron chi connectivity index (χ2n) is 3.93. The molecule has 1 atom stereocenters. The van der Waals surface area contributed by atoms with Crippen molar-refractivity contribution in [3.05, 3.63) is 23.8 Å². The van der Waals surface area contributed by atoms with Crippen LogP contribution >= 0.6 is 0 Å². The van der Waals surface area contributed by atoms with Crippen LogP contribution in [-0.4, -0.2) is 19.3 Å². The lowest BCUT2D eigenvalue weighted by Gasteiger charge is -2.13. The summed E-state index contributed by atoms with van der Waals surface area (Å²) >= 11 is 0. The maximum absolute atomic E-state index is 8.71. The Balaban J connectivity index is 1.96. The Morgan fingerprint density at radius 1 is 1.56 bits per heavy atom. The van der Waals surface area contributed by atoms with Crippen molar-refractivity contribution in [2.45, 2.75) is 18.9 Å². The van der Waals surface area contributed by atoms with Crippen molar-refractivity contribution in [2.75, 3.05) is 24.2 Å². The zero-order valence-electron chi connectivity index (χ0n) is 9.07. The molecule has 1 heterocycles. The molecule has 0 spiro atoms. The Hall–Kier alpha value is -1.73. The van der Waals surface area contributed by atoms with Crippen LogP contribution in [0, 0.1) is 11.3 Å². The molecule has 3 N–H and O–H groups in total. The molecule has 1 aliphatic rings. The van der Waals surface area contributed by atoms with Crippen molar-refractivity contribution in [1.82, 2.24) is 0 Å². The Morgan fingerprint density at radius 3 is 3.06 bits per heavy atom. The van der Waals surface area contributed by atoms with E-state index in [1.54, 1.807) is 12.1 Å². The Morgan fingerprint density at radius 2 is 2.44 bits per heavy atom. The van der Waals surface area contributed by atoms with Gasteiger partial charge in [0, 0.05) is 13.2 Å². The summed E-state index contributed by atoms with van der Waals surface area (Å²) in [7, 11) is 0. The summed E-state index contributed by atoms with van der Waals surface area (Å²) < 4.78 is 5.50. The largest absolute Gasteiger partial charge is 0.397 e. The molecule has 4 heteroatoms. The minimum absolute atomic E-state index is 0.287. The van der Waals surface area contributed by atoms with Gasteiger partial charge in [-0.2, -0.15) is 5.26 Å². The molecule has 1 aromatic rings. The second kappa shape index (κ2) is 4.86. The van der Waals surface area contributed by atoms with Gasteiger partial charge in [-0.3, -0.25) is 0 Å². The molecule has 2 rings (SSSR count). The van der Waals surface area contributed by atoms with Crippen molar-refractivity contribution < 1.29 is 4.74 Å². The van der Waals surface area contributed by atoms with E-state index in [0.29, 0.717) is 11.3 Å². The van der Waals surface area contributed by atoms with Gasteiger partial charge in [0.05, 0.1) is 29.1 Å². The third kappa shape index (κ3) is 2.44. The van der Waals surface area contributed by atoms with E-state index in [1.807, 2.05) is 6.07 Å². The number of nitrogens with one attached hydrogen (secondary N) is 1. The lowest BCUT2D eigenvalue weighted by atomic mass is 10.2. The normalized spacial score (nSPS) is 19.3. The highest BCUT2D eigenvalue weighted by molar-refractivity contribution is 5.68. The standard InChI is InChI=1S/C12H15N3O/c13-7-9-3-4-12(11(14)6-9)15-8-10-2-1-5-16-10/h3-4,6,10,15H,1-2,5,8,14H2/t10-/m0/s1. The van der Waals surface area contributed by atoms with Gasteiger partial charge in [0.1, 0.15) is 0 Å². The minimum Gasteiger partial charge on any atom is -0.397 e. The molecular formula is C12H15N3O. The fraction of sp³-hybridized carbons (Fsp3) is 0.417. The van der Waals surface area contributed by atoms with Gasteiger partial charge in [0.15, 0.2) is 0 Å². The highest BCUT2D eigenvalue weighted by Crippen LogP contribution is 2.20. The van der Waals surface area contributed by atoms with Crippen LogP contribution in [0.5, 0.6) is 0 Å². The molecule has 0 saturated carbocycles. The monoisotopic (exact) mass is 217 g/mol. The number of nitrogens with zero attached hydrogens (tertiary/aromatic N) is 1. The van der Waals surface area contributed by atoms with Crippen molar-refractivity contribution in [3.8, 4) is 6.07 Å². The van der Waals surface area contributed by atoms with Gasteiger partial charge >= 0.3 is 0 Å². The van der Waals surface area contributed by atoms with Crippen LogP contribution in [0.1, 0.15) is 18.4 Å². The number of hydrogen-bond donors (Lipinski definition) is 2. The topological polar surface area (TPSA) is 71.1 Å². The van der Waals surface area contributed by atoms with Crippen LogP contribution in [0.4, 0.5) is 11.4 Å². The summed E-state index contributed by atoms with van der Waals surface area (Å²) in [5.41, 5.74) is 7.89. The zero-order chi connectivity index (χ0) is 11.4. The van der Waals surface area contributed by atoms with Gasteiger partial charge in [0.2, 0.25) is 0 Å². The van der Waals surface area contributed by atoms with E-state index in [9.17, 15) is 0 Å². The van der Waals surface area contributed by atoms with Gasteiger partial charge in [-0.15, -0.1) is 0 Å². The van der Waals surface area contributed by atoms with Gasteiger partial charge in [-0.1, -0.05) is 0 Å². The molecular weight excluding hydrogens is 202 g/mol. The van der Waals surface area contributed by atoms with Crippen molar-refractivity contribution in [2.24, 2.45) is 0 Å². The summed E-state index contributed by atoms with van der Waals surface area (Å²) in [6.07, 6.45) is 2.52. The third-order valence-electron chi connectivity index (χ3n) is 2.72. The fourth-order valence-corrected chi connectivity index (χ4v) is 1.82. The molecule has 16 heavy (non-hydrogen) atoms. The van der Waals surface area contributed by atoms with Crippen molar-refractivity contribution >= 4 is 11.4 Å². The SMILES string of the molecule is N#Cc1ccc(NC[C@@H]2CCCO2)c(N)c1. The Kier molecular flexibility index (Phi) is 3.28. The molecule has 0 amide bonds. The van der Waals surface area contributed by atoms with Crippen LogP contribution in [-0.2, 0) is 4.74 Å². The lowest BCUT2D eigenvalue weighted by Crippen LogP contribution is -2.18. The fourth-order valence-electron chi connectivity index (χ4n) is 1.82. The lowest BCUT2D eigenvalue weighted by molar-refractivity contribution is 0.120. The molecule has 4 nitrogen and oxygen atoms in total. The summed E-state index contributed by atoms with van der Waals surface area (Å²) in [6.45, 7) is 1.63. The van der Waals surface area contributed by atoms with Crippen molar-refractivity contribution in [1.29, 1.82) is 5.26 Å². The van der Waals surface area contributed by atoms with Crippen LogP contribution in [0.3, 0.4) is 0 Å². The zero-order valence-corrected chi connectivity index (χ0v) is 9.07. The molecule has 0 aliphatic carbocycles. The van der Waals surface area contributed by atoms with Crippen molar-refractivity contribution in [3.63, 3.8) is 0 Å². The summed E-state index contributed by atoms with van der Waals surface area (Å²) in [6, 6.07) is 7.33. The van der Waals surface area contributed by atoms with Gasteiger partial charge < -0.3 is 15.8 Å². The van der Waals surface area contributed by atoms with Crippen LogP contribution in [0.25, 0.3) is 0 Å². The first-order valence-electron chi connectivity index (χ1n) is 5.44. The number of rotatable bonds is 3.